The van der Waals surface area contributed by atoms with Crippen LogP contribution < -0.4 is 16.4 Å². The van der Waals surface area contributed by atoms with Crippen molar-refractivity contribution >= 4 is 98.2 Å². The van der Waals surface area contributed by atoms with Crippen molar-refractivity contribution in [1.82, 2.24) is 19.1 Å². The summed E-state index contributed by atoms with van der Waals surface area (Å²) in [6.45, 7) is -0.157. The van der Waals surface area contributed by atoms with Crippen LogP contribution in [0.25, 0.3) is 75.4 Å². The fraction of sp³-hybridized carbons (Fsp3) is 0. The second-order valence-corrected chi connectivity index (χ2v) is 14.2. The molecule has 11 rings (SSSR count). The summed E-state index contributed by atoms with van der Waals surface area (Å²) in [5.74, 6) is 1.75. The summed E-state index contributed by atoms with van der Waals surface area (Å²) >= 11 is 1.86. The Kier molecular flexibility index (Phi) is 7.64. The van der Waals surface area contributed by atoms with Gasteiger partial charge in [-0.3, -0.25) is 0 Å². The molecular weight excluding hydrogens is 846 g/mol. The van der Waals surface area contributed by atoms with Gasteiger partial charge in [0.1, 0.15) is 11.6 Å². The van der Waals surface area contributed by atoms with Crippen LogP contribution in [0.3, 0.4) is 0 Å². The standard InChI is InChI=1S/C46H27BN4S.Pt/c1-4-17-39-32(12-1)34-24-22-30(28-41(34)50(39)44-20-7-9-26-48-44)47(38-16-11-15-37-36-14-3-6-19-43(36)52-46(37)38)31-23-25-35-33-13-2-5-18-40(33)51(42(35)29-31)45-21-8-10-27-49-45;/h1-27H;/q-2;+2. The van der Waals surface area contributed by atoms with Crippen LogP contribution in [-0.4, -0.2) is 25.8 Å². The van der Waals surface area contributed by atoms with Crippen LogP contribution in [-0.2, 0) is 21.1 Å². The average molecular weight is 874 g/mol. The Labute approximate surface area is 324 Å². The van der Waals surface area contributed by atoms with Crippen molar-refractivity contribution in [2.45, 2.75) is 0 Å². The third kappa shape index (κ3) is 4.94. The molecule has 6 aromatic carbocycles. The van der Waals surface area contributed by atoms with Crippen molar-refractivity contribution in [2.75, 3.05) is 0 Å². The SMILES string of the molecule is [Pt+2].[c-]1c(B(c2[c-]c3c(cc2)c2ccccc2n3-c2ccccn2)c2cccc3c2sc2ccccc23)ccc2c3ccccc3n(-c3ccccn3)c12. The molecule has 0 radical (unpaired) electrons. The molecule has 0 saturated heterocycles. The summed E-state index contributed by atoms with van der Waals surface area (Å²) < 4.78 is 7.06. The third-order valence-electron chi connectivity index (χ3n) is 10.3. The van der Waals surface area contributed by atoms with Gasteiger partial charge in [-0.2, -0.15) is 47.3 Å². The van der Waals surface area contributed by atoms with Gasteiger partial charge in [-0.25, -0.2) is 9.97 Å². The van der Waals surface area contributed by atoms with E-state index in [1.807, 2.05) is 48.0 Å². The maximum atomic E-state index is 4.80. The maximum absolute atomic E-state index is 4.80. The Morgan fingerprint density at radius 2 is 0.962 bits per heavy atom. The fourth-order valence-corrected chi connectivity index (χ4v) is 9.35. The van der Waals surface area contributed by atoms with E-state index >= 15 is 0 Å². The average Bonchev–Trinajstić information content (AvgIpc) is 3.86. The van der Waals surface area contributed by atoms with Crippen molar-refractivity contribution in [3.8, 4) is 11.6 Å². The number of hydrogen-bond acceptors (Lipinski definition) is 3. The van der Waals surface area contributed by atoms with Gasteiger partial charge in [-0.15, -0.1) is 22.1 Å². The second kappa shape index (κ2) is 12.7. The minimum atomic E-state index is -0.157. The van der Waals surface area contributed by atoms with Crippen LogP contribution >= 0.6 is 11.3 Å². The van der Waals surface area contributed by atoms with Crippen LogP contribution in [0.2, 0.25) is 0 Å². The quantitative estimate of drug-likeness (QED) is 0.128. The van der Waals surface area contributed by atoms with Gasteiger partial charge in [0.2, 0.25) is 0 Å². The van der Waals surface area contributed by atoms with Gasteiger partial charge in [0, 0.05) is 38.2 Å². The number of pyridine rings is 2. The summed E-state index contributed by atoms with van der Waals surface area (Å²) in [4.78, 5) is 9.60. The van der Waals surface area contributed by atoms with E-state index in [2.05, 4.69) is 149 Å². The van der Waals surface area contributed by atoms with E-state index in [9.17, 15) is 0 Å². The minimum Gasteiger partial charge on any atom is -0.319 e. The van der Waals surface area contributed by atoms with E-state index in [-0.39, 0.29) is 27.8 Å². The molecule has 0 aliphatic rings. The molecule has 0 N–H and O–H groups in total. The Balaban J connectivity index is 0.00000349. The van der Waals surface area contributed by atoms with Gasteiger partial charge >= 0.3 is 21.1 Å². The molecule has 53 heavy (non-hydrogen) atoms. The van der Waals surface area contributed by atoms with E-state index in [0.29, 0.717) is 0 Å². The Morgan fingerprint density at radius 3 is 1.53 bits per heavy atom. The zero-order valence-electron chi connectivity index (χ0n) is 28.2. The predicted molar refractivity (Wildman–Crippen MR) is 219 cm³/mol. The third-order valence-corrected chi connectivity index (χ3v) is 11.6. The van der Waals surface area contributed by atoms with Crippen molar-refractivity contribution in [3.63, 3.8) is 0 Å². The molecule has 0 saturated carbocycles. The molecular formula is C46H27BN4PtS. The van der Waals surface area contributed by atoms with Gasteiger partial charge < -0.3 is 9.13 Å². The number of rotatable bonds is 5. The Morgan fingerprint density at radius 1 is 0.453 bits per heavy atom. The van der Waals surface area contributed by atoms with Gasteiger partial charge in [0.25, 0.3) is 0 Å². The van der Waals surface area contributed by atoms with Crippen molar-refractivity contribution in [2.24, 2.45) is 0 Å². The summed E-state index contributed by atoms with van der Waals surface area (Å²) in [5, 5.41) is 7.23. The molecule has 4 nitrogen and oxygen atoms in total. The Bertz CT molecular complexity index is 2990. The maximum Gasteiger partial charge on any atom is 2.00 e. The number of nitrogens with zero attached hydrogens (tertiary/aromatic N) is 4. The van der Waals surface area contributed by atoms with E-state index in [0.717, 1.165) is 55.4 Å². The van der Waals surface area contributed by atoms with Crippen LogP contribution in [0.15, 0.2) is 164 Å². The minimum absolute atomic E-state index is 0. The number of thiophene rings is 1. The van der Waals surface area contributed by atoms with Gasteiger partial charge in [0.15, 0.2) is 6.71 Å². The first-order chi connectivity index (χ1) is 25.8. The number of fused-ring (bicyclic) bond motifs is 9. The molecule has 0 unspecified atom stereocenters. The molecule has 5 aromatic heterocycles. The van der Waals surface area contributed by atoms with Crippen LogP contribution in [0.1, 0.15) is 0 Å². The molecule has 0 bridgehead atoms. The van der Waals surface area contributed by atoms with E-state index in [1.165, 1.54) is 36.4 Å². The molecule has 0 spiro atoms. The van der Waals surface area contributed by atoms with Gasteiger partial charge in [-0.05, 0) is 58.6 Å². The Hall–Kier alpha value is -5.81. The van der Waals surface area contributed by atoms with E-state index < -0.39 is 0 Å². The van der Waals surface area contributed by atoms with Crippen LogP contribution in [0.5, 0.6) is 0 Å². The number of aromatic nitrogens is 4. The molecule has 11 aromatic rings. The first-order valence-corrected chi connectivity index (χ1v) is 18.3. The zero-order valence-corrected chi connectivity index (χ0v) is 31.3. The summed E-state index contributed by atoms with van der Waals surface area (Å²) in [6.07, 6.45) is 3.71. The molecule has 7 heteroatoms. The summed E-state index contributed by atoms with van der Waals surface area (Å²) in [5.41, 5.74) is 7.64. The van der Waals surface area contributed by atoms with E-state index in [4.69, 9.17) is 9.97 Å². The molecule has 0 aliphatic carbocycles. The molecule has 250 valence electrons. The first kappa shape index (κ1) is 31.9. The number of benzene rings is 6. The second-order valence-electron chi connectivity index (χ2n) is 13.2. The smallest absolute Gasteiger partial charge is 0.319 e. The molecule has 0 amide bonds. The van der Waals surface area contributed by atoms with Crippen LogP contribution in [0.4, 0.5) is 0 Å². The number of hydrogen-bond donors (Lipinski definition) is 0. The van der Waals surface area contributed by atoms with E-state index in [1.54, 1.807) is 0 Å². The molecule has 0 fully saturated rings. The number of para-hydroxylation sites is 2. The topological polar surface area (TPSA) is 35.6 Å². The fourth-order valence-electron chi connectivity index (χ4n) is 8.10. The molecule has 0 atom stereocenters. The first-order valence-electron chi connectivity index (χ1n) is 17.5. The van der Waals surface area contributed by atoms with Crippen molar-refractivity contribution in [3.05, 3.63) is 176 Å². The summed E-state index contributed by atoms with van der Waals surface area (Å²) in [6, 6.07) is 61.8. The predicted octanol–water partition coefficient (Wildman–Crippen LogP) is 9.15. The van der Waals surface area contributed by atoms with Crippen LogP contribution in [0, 0.1) is 12.1 Å². The normalized spacial score (nSPS) is 11.6. The van der Waals surface area contributed by atoms with Crippen molar-refractivity contribution < 1.29 is 21.1 Å². The van der Waals surface area contributed by atoms with Crippen molar-refractivity contribution in [1.29, 1.82) is 0 Å². The van der Waals surface area contributed by atoms with Gasteiger partial charge in [0.05, 0.1) is 0 Å². The molecule has 0 aliphatic heterocycles. The summed E-state index contributed by atoms with van der Waals surface area (Å²) in [7, 11) is 0. The monoisotopic (exact) mass is 873 g/mol. The molecule has 5 heterocycles. The zero-order chi connectivity index (χ0) is 34.2. The van der Waals surface area contributed by atoms with Gasteiger partial charge in [-0.1, -0.05) is 101 Å². The largest absolute Gasteiger partial charge is 2.00 e.